The molecule has 1 aliphatic rings. The molecule has 0 aromatic heterocycles. The summed E-state index contributed by atoms with van der Waals surface area (Å²) in [4.78, 5) is 2.27. The van der Waals surface area contributed by atoms with Gasteiger partial charge in [-0.25, -0.2) is 4.39 Å². The molecule has 0 saturated heterocycles. The molecule has 0 amide bonds. The SMILES string of the molecule is NCc1cc(CN(CCO)C2CCC2)ccc1F. The lowest BCUT2D eigenvalue weighted by molar-refractivity contribution is 0.0945. The first-order valence-corrected chi connectivity index (χ1v) is 6.57. The minimum Gasteiger partial charge on any atom is -0.395 e. The highest BCUT2D eigenvalue weighted by Crippen LogP contribution is 2.26. The van der Waals surface area contributed by atoms with E-state index in [0.29, 0.717) is 18.2 Å². The summed E-state index contributed by atoms with van der Waals surface area (Å²) in [7, 11) is 0. The van der Waals surface area contributed by atoms with Crippen LogP contribution >= 0.6 is 0 Å². The van der Waals surface area contributed by atoms with E-state index in [-0.39, 0.29) is 19.0 Å². The molecule has 100 valence electrons. The Kier molecular flexibility index (Phi) is 4.69. The maximum atomic E-state index is 13.4. The van der Waals surface area contributed by atoms with Gasteiger partial charge in [-0.15, -0.1) is 0 Å². The van der Waals surface area contributed by atoms with Gasteiger partial charge in [-0.2, -0.15) is 0 Å². The molecule has 4 heteroatoms. The molecule has 0 aliphatic heterocycles. The molecule has 0 unspecified atom stereocenters. The van der Waals surface area contributed by atoms with Crippen LogP contribution < -0.4 is 5.73 Å². The summed E-state index contributed by atoms with van der Waals surface area (Å²) in [5.74, 6) is -0.237. The first-order valence-electron chi connectivity index (χ1n) is 6.57. The Hall–Kier alpha value is -0.970. The summed E-state index contributed by atoms with van der Waals surface area (Å²) in [5, 5.41) is 9.11. The summed E-state index contributed by atoms with van der Waals surface area (Å²) < 4.78 is 13.4. The zero-order valence-corrected chi connectivity index (χ0v) is 10.6. The molecule has 0 bridgehead atoms. The zero-order chi connectivity index (χ0) is 13.0. The molecule has 1 aromatic carbocycles. The molecule has 2 rings (SSSR count). The quantitative estimate of drug-likeness (QED) is 0.809. The average molecular weight is 252 g/mol. The Morgan fingerprint density at radius 3 is 2.72 bits per heavy atom. The van der Waals surface area contributed by atoms with E-state index >= 15 is 0 Å². The van der Waals surface area contributed by atoms with Crippen molar-refractivity contribution < 1.29 is 9.50 Å². The molecule has 1 aliphatic carbocycles. The van der Waals surface area contributed by atoms with Crippen molar-refractivity contribution in [2.24, 2.45) is 5.73 Å². The van der Waals surface area contributed by atoms with E-state index in [4.69, 9.17) is 10.8 Å². The van der Waals surface area contributed by atoms with E-state index in [9.17, 15) is 4.39 Å². The van der Waals surface area contributed by atoms with Crippen LogP contribution in [0, 0.1) is 5.82 Å². The monoisotopic (exact) mass is 252 g/mol. The second kappa shape index (κ2) is 6.27. The standard InChI is InChI=1S/C14H21FN2O/c15-14-5-4-11(8-12(14)9-16)10-17(6-7-18)13-2-1-3-13/h4-5,8,13,18H,1-3,6-7,9-10,16H2. The number of halogens is 1. The van der Waals surface area contributed by atoms with Crippen molar-refractivity contribution in [2.45, 2.75) is 38.4 Å². The molecule has 0 heterocycles. The molecule has 0 atom stereocenters. The van der Waals surface area contributed by atoms with Crippen molar-refractivity contribution in [2.75, 3.05) is 13.2 Å². The third-order valence-corrected chi connectivity index (χ3v) is 3.69. The van der Waals surface area contributed by atoms with Gasteiger partial charge in [0.2, 0.25) is 0 Å². The summed E-state index contributed by atoms with van der Waals surface area (Å²) in [6.45, 7) is 1.84. The summed E-state index contributed by atoms with van der Waals surface area (Å²) >= 11 is 0. The minimum absolute atomic E-state index is 0.168. The zero-order valence-electron chi connectivity index (χ0n) is 10.6. The molecular weight excluding hydrogens is 231 g/mol. The number of aliphatic hydroxyl groups is 1. The van der Waals surface area contributed by atoms with E-state index in [2.05, 4.69) is 4.90 Å². The fourth-order valence-corrected chi connectivity index (χ4v) is 2.39. The van der Waals surface area contributed by atoms with E-state index in [0.717, 1.165) is 12.1 Å². The highest BCUT2D eigenvalue weighted by Gasteiger charge is 2.24. The number of hydrogen-bond donors (Lipinski definition) is 2. The third-order valence-electron chi connectivity index (χ3n) is 3.69. The van der Waals surface area contributed by atoms with Crippen LogP contribution in [0.5, 0.6) is 0 Å². The molecule has 18 heavy (non-hydrogen) atoms. The van der Waals surface area contributed by atoms with E-state index in [1.165, 1.54) is 25.3 Å². The van der Waals surface area contributed by atoms with Crippen LogP contribution in [0.1, 0.15) is 30.4 Å². The summed E-state index contributed by atoms with van der Waals surface area (Å²) in [6.07, 6.45) is 3.67. The van der Waals surface area contributed by atoms with Gasteiger partial charge in [-0.05, 0) is 24.5 Å². The van der Waals surface area contributed by atoms with Gasteiger partial charge in [-0.3, -0.25) is 4.90 Å². The summed E-state index contributed by atoms with van der Waals surface area (Å²) in [6, 6.07) is 5.69. The van der Waals surface area contributed by atoms with Gasteiger partial charge in [0.05, 0.1) is 6.61 Å². The van der Waals surface area contributed by atoms with Crippen molar-refractivity contribution in [1.82, 2.24) is 4.90 Å². The van der Waals surface area contributed by atoms with E-state index in [1.54, 1.807) is 6.07 Å². The Morgan fingerprint density at radius 2 is 2.17 bits per heavy atom. The number of hydrogen-bond acceptors (Lipinski definition) is 3. The van der Waals surface area contributed by atoms with Gasteiger partial charge >= 0.3 is 0 Å². The fraction of sp³-hybridized carbons (Fsp3) is 0.571. The Morgan fingerprint density at radius 1 is 1.39 bits per heavy atom. The fourth-order valence-electron chi connectivity index (χ4n) is 2.39. The Labute approximate surface area is 107 Å². The molecule has 1 aromatic rings. The maximum absolute atomic E-state index is 13.4. The van der Waals surface area contributed by atoms with Crippen molar-refractivity contribution in [3.63, 3.8) is 0 Å². The lowest BCUT2D eigenvalue weighted by atomic mass is 9.91. The highest BCUT2D eigenvalue weighted by molar-refractivity contribution is 5.25. The van der Waals surface area contributed by atoms with E-state index in [1.807, 2.05) is 6.07 Å². The van der Waals surface area contributed by atoms with Crippen molar-refractivity contribution >= 4 is 0 Å². The van der Waals surface area contributed by atoms with Gasteiger partial charge < -0.3 is 10.8 Å². The minimum atomic E-state index is -0.237. The van der Waals surface area contributed by atoms with Gasteiger partial charge in [0.15, 0.2) is 0 Å². The van der Waals surface area contributed by atoms with Gasteiger partial charge in [0.1, 0.15) is 5.82 Å². The molecule has 1 saturated carbocycles. The van der Waals surface area contributed by atoms with Crippen LogP contribution in [0.2, 0.25) is 0 Å². The van der Waals surface area contributed by atoms with Crippen molar-refractivity contribution in [3.05, 3.63) is 35.1 Å². The van der Waals surface area contributed by atoms with Gasteiger partial charge in [0, 0.05) is 31.2 Å². The molecule has 1 fully saturated rings. The number of nitrogens with two attached hydrogens (primary N) is 1. The van der Waals surface area contributed by atoms with Crippen LogP contribution in [0.15, 0.2) is 18.2 Å². The number of nitrogens with zero attached hydrogens (tertiary/aromatic N) is 1. The second-order valence-corrected chi connectivity index (χ2v) is 4.91. The number of rotatable bonds is 6. The first-order chi connectivity index (χ1) is 8.74. The first kappa shape index (κ1) is 13.5. The lowest BCUT2D eigenvalue weighted by Crippen LogP contribution is -2.41. The summed E-state index contributed by atoms with van der Waals surface area (Å²) in [5.41, 5.74) is 7.14. The average Bonchev–Trinajstić information content (AvgIpc) is 2.29. The molecular formula is C14H21FN2O. The topological polar surface area (TPSA) is 49.5 Å². The van der Waals surface area contributed by atoms with Crippen LogP contribution in [0.4, 0.5) is 4.39 Å². The molecule has 0 radical (unpaired) electrons. The van der Waals surface area contributed by atoms with Gasteiger partial charge in [0.25, 0.3) is 0 Å². The molecule has 0 spiro atoms. The van der Waals surface area contributed by atoms with Crippen LogP contribution in [0.3, 0.4) is 0 Å². The number of benzene rings is 1. The Balaban J connectivity index is 2.05. The normalized spacial score (nSPS) is 16.0. The van der Waals surface area contributed by atoms with Crippen molar-refractivity contribution in [3.8, 4) is 0 Å². The second-order valence-electron chi connectivity index (χ2n) is 4.91. The predicted molar refractivity (Wildman–Crippen MR) is 69.4 cm³/mol. The highest BCUT2D eigenvalue weighted by atomic mass is 19.1. The van der Waals surface area contributed by atoms with Gasteiger partial charge in [-0.1, -0.05) is 18.6 Å². The predicted octanol–water partition coefficient (Wildman–Crippen LogP) is 1.63. The third kappa shape index (κ3) is 3.07. The molecule has 3 nitrogen and oxygen atoms in total. The van der Waals surface area contributed by atoms with Crippen LogP contribution in [-0.2, 0) is 13.1 Å². The lowest BCUT2D eigenvalue weighted by Gasteiger charge is -2.37. The van der Waals surface area contributed by atoms with Crippen LogP contribution in [0.25, 0.3) is 0 Å². The Bertz CT molecular complexity index is 393. The molecule has 3 N–H and O–H groups in total. The van der Waals surface area contributed by atoms with Crippen molar-refractivity contribution in [1.29, 1.82) is 0 Å². The maximum Gasteiger partial charge on any atom is 0.127 e. The van der Waals surface area contributed by atoms with E-state index < -0.39 is 0 Å². The van der Waals surface area contributed by atoms with Crippen LogP contribution in [-0.4, -0.2) is 29.2 Å². The number of aliphatic hydroxyl groups excluding tert-OH is 1. The largest absolute Gasteiger partial charge is 0.395 e. The smallest absolute Gasteiger partial charge is 0.127 e.